The molecule has 3 rings (SSSR count). The average Bonchev–Trinajstić information content (AvgIpc) is 2.54. The molecule has 0 aliphatic carbocycles. The van der Waals surface area contributed by atoms with Gasteiger partial charge in [0.05, 0.1) is 11.4 Å². The van der Waals surface area contributed by atoms with Crippen LogP contribution in [0.3, 0.4) is 0 Å². The van der Waals surface area contributed by atoms with E-state index in [2.05, 4.69) is 35.9 Å². The molecule has 0 aromatic carbocycles. The number of pyridine rings is 2. The number of rotatable bonds is 4. The fourth-order valence-electron chi connectivity index (χ4n) is 3.19. The molecule has 2 aromatic heterocycles. The Balaban J connectivity index is 1.52. The van der Waals surface area contributed by atoms with E-state index in [1.165, 1.54) is 48.7 Å². The van der Waals surface area contributed by atoms with Crippen molar-refractivity contribution in [2.75, 3.05) is 26.2 Å². The van der Waals surface area contributed by atoms with Crippen molar-refractivity contribution in [1.82, 2.24) is 9.97 Å². The van der Waals surface area contributed by atoms with Crippen LogP contribution in [0.5, 0.6) is 0 Å². The normalized spacial score (nSPS) is 21.7. The van der Waals surface area contributed by atoms with Gasteiger partial charge in [-0.05, 0) is 37.1 Å². The smallest absolute Gasteiger partial charge is 0.127 e. The molecule has 4 nitrogen and oxygen atoms in total. The summed E-state index contributed by atoms with van der Waals surface area (Å²) in [6.07, 6.45) is 3.82. The Labute approximate surface area is 132 Å². The number of hydrogen-bond donors (Lipinski definition) is 2. The van der Waals surface area contributed by atoms with Gasteiger partial charge >= 0.3 is 0 Å². The van der Waals surface area contributed by atoms with E-state index >= 15 is 0 Å². The maximum absolute atomic E-state index is 4.53. The fourth-order valence-corrected chi connectivity index (χ4v) is 3.19. The lowest BCUT2D eigenvalue weighted by Gasteiger charge is -2.29. The van der Waals surface area contributed by atoms with Crippen LogP contribution >= 0.6 is 0 Å². The molecule has 0 bridgehead atoms. The number of nitrogens with zero attached hydrogens (tertiary/aromatic N) is 2. The minimum absolute atomic E-state index is 1.06. The Hall–Kier alpha value is -1.78. The Bertz CT molecular complexity index is 562. The molecule has 1 fully saturated rings. The zero-order valence-electron chi connectivity index (χ0n) is 13.6. The summed E-state index contributed by atoms with van der Waals surface area (Å²) in [6.45, 7) is 11.3. The average molecular weight is 298 g/mol. The minimum atomic E-state index is 1.06. The summed E-state index contributed by atoms with van der Waals surface area (Å²) < 4.78 is 0. The van der Waals surface area contributed by atoms with E-state index in [9.17, 15) is 0 Å². The van der Waals surface area contributed by atoms with Gasteiger partial charge in [-0.2, -0.15) is 0 Å². The third-order valence-electron chi connectivity index (χ3n) is 4.73. The summed E-state index contributed by atoms with van der Waals surface area (Å²) in [5, 5.41) is 0. The van der Waals surface area contributed by atoms with Gasteiger partial charge < -0.3 is 9.80 Å². The Morgan fingerprint density at radius 3 is 1.55 bits per heavy atom. The predicted octanol–water partition coefficient (Wildman–Crippen LogP) is -0.423. The lowest BCUT2D eigenvalue weighted by Crippen LogP contribution is -3.27. The molecule has 0 radical (unpaired) electrons. The molecule has 0 atom stereocenters. The summed E-state index contributed by atoms with van der Waals surface area (Å²) in [5.74, 6) is 0. The lowest BCUT2D eigenvalue weighted by atomic mass is 10.2. The van der Waals surface area contributed by atoms with Crippen LogP contribution in [0.4, 0.5) is 0 Å². The lowest BCUT2D eigenvalue weighted by molar-refractivity contribution is -1.02. The molecule has 4 heteroatoms. The Morgan fingerprint density at radius 2 is 1.18 bits per heavy atom. The molecule has 2 N–H and O–H groups in total. The first-order valence-corrected chi connectivity index (χ1v) is 8.20. The van der Waals surface area contributed by atoms with Crippen LogP contribution in [0.2, 0.25) is 0 Å². The highest BCUT2D eigenvalue weighted by atomic mass is 15.3. The highest BCUT2D eigenvalue weighted by Gasteiger charge is 2.24. The van der Waals surface area contributed by atoms with Crippen LogP contribution in [-0.2, 0) is 13.1 Å². The molecule has 0 spiro atoms. The molecule has 116 valence electrons. The molecule has 0 amide bonds. The second kappa shape index (κ2) is 6.99. The summed E-state index contributed by atoms with van der Waals surface area (Å²) in [6, 6.07) is 8.36. The monoisotopic (exact) mass is 298 g/mol. The number of piperazine rings is 1. The van der Waals surface area contributed by atoms with E-state index < -0.39 is 0 Å². The Morgan fingerprint density at radius 1 is 0.773 bits per heavy atom. The number of quaternary nitrogens is 2. The molecule has 1 saturated heterocycles. The van der Waals surface area contributed by atoms with Crippen LogP contribution in [0, 0.1) is 13.8 Å². The van der Waals surface area contributed by atoms with Gasteiger partial charge in [0, 0.05) is 12.4 Å². The quantitative estimate of drug-likeness (QED) is 0.804. The van der Waals surface area contributed by atoms with Gasteiger partial charge in [0.25, 0.3) is 0 Å². The van der Waals surface area contributed by atoms with E-state index in [0.717, 1.165) is 13.1 Å². The molecule has 2 aromatic rings. The van der Waals surface area contributed by atoms with E-state index in [-0.39, 0.29) is 0 Å². The Kier molecular flexibility index (Phi) is 4.80. The van der Waals surface area contributed by atoms with Gasteiger partial charge in [-0.25, -0.2) is 0 Å². The summed E-state index contributed by atoms with van der Waals surface area (Å²) in [5.41, 5.74) is 5.13. The number of nitrogens with one attached hydrogen (secondary N) is 2. The maximum Gasteiger partial charge on any atom is 0.127 e. The van der Waals surface area contributed by atoms with Crippen LogP contribution < -0.4 is 9.80 Å². The largest absolute Gasteiger partial charge is 0.321 e. The first-order chi connectivity index (χ1) is 10.7. The van der Waals surface area contributed by atoms with Gasteiger partial charge in [-0.3, -0.25) is 9.97 Å². The molecule has 0 unspecified atom stereocenters. The molecule has 22 heavy (non-hydrogen) atoms. The first kappa shape index (κ1) is 15.1. The topological polar surface area (TPSA) is 34.7 Å². The second-order valence-electron chi connectivity index (χ2n) is 6.39. The highest BCUT2D eigenvalue weighted by Crippen LogP contribution is 2.01. The van der Waals surface area contributed by atoms with E-state index in [0.29, 0.717) is 0 Å². The van der Waals surface area contributed by atoms with Gasteiger partial charge in [0.1, 0.15) is 39.3 Å². The molecule has 0 saturated carbocycles. The van der Waals surface area contributed by atoms with Gasteiger partial charge in [0.15, 0.2) is 0 Å². The number of hydrogen-bond acceptors (Lipinski definition) is 2. The van der Waals surface area contributed by atoms with Crippen LogP contribution in [0.15, 0.2) is 36.7 Å². The second-order valence-corrected chi connectivity index (χ2v) is 6.39. The van der Waals surface area contributed by atoms with Crippen LogP contribution in [-0.4, -0.2) is 36.1 Å². The van der Waals surface area contributed by atoms with Gasteiger partial charge in [0.2, 0.25) is 0 Å². The van der Waals surface area contributed by atoms with Crippen LogP contribution in [0.1, 0.15) is 22.5 Å². The SMILES string of the molecule is Cc1cccnc1C[NH+]1CC[NH+](Cc2ncccc2C)CC1. The van der Waals surface area contributed by atoms with E-state index in [4.69, 9.17) is 0 Å². The molecular weight excluding hydrogens is 272 g/mol. The first-order valence-electron chi connectivity index (χ1n) is 8.20. The van der Waals surface area contributed by atoms with Crippen molar-refractivity contribution in [3.8, 4) is 0 Å². The zero-order valence-corrected chi connectivity index (χ0v) is 13.6. The van der Waals surface area contributed by atoms with Crippen molar-refractivity contribution in [3.05, 3.63) is 59.2 Å². The summed E-state index contributed by atoms with van der Waals surface area (Å²) >= 11 is 0. The summed E-state index contributed by atoms with van der Waals surface area (Å²) in [4.78, 5) is 12.4. The van der Waals surface area contributed by atoms with Crippen molar-refractivity contribution in [2.45, 2.75) is 26.9 Å². The van der Waals surface area contributed by atoms with Crippen molar-refractivity contribution in [3.63, 3.8) is 0 Å². The highest BCUT2D eigenvalue weighted by molar-refractivity contribution is 5.17. The van der Waals surface area contributed by atoms with E-state index in [1.807, 2.05) is 24.5 Å². The number of aryl methyl sites for hydroxylation is 2. The van der Waals surface area contributed by atoms with E-state index in [1.54, 1.807) is 9.80 Å². The minimum Gasteiger partial charge on any atom is -0.321 e. The zero-order chi connectivity index (χ0) is 15.4. The van der Waals surface area contributed by atoms with Crippen molar-refractivity contribution in [2.24, 2.45) is 0 Å². The standard InChI is InChI=1S/C18H24N4/c1-15-5-3-7-19-17(15)13-21-9-11-22(12-10-21)14-18-16(2)6-4-8-20-18/h3-8H,9-14H2,1-2H3/p+2. The van der Waals surface area contributed by atoms with Crippen LogP contribution in [0.25, 0.3) is 0 Å². The third-order valence-corrected chi connectivity index (χ3v) is 4.73. The molecular formula is C18H26N4+2. The van der Waals surface area contributed by atoms with Gasteiger partial charge in [-0.1, -0.05) is 12.1 Å². The van der Waals surface area contributed by atoms with Crippen molar-refractivity contribution < 1.29 is 9.80 Å². The predicted molar refractivity (Wildman–Crippen MR) is 86.7 cm³/mol. The summed E-state index contributed by atoms with van der Waals surface area (Å²) in [7, 11) is 0. The fraction of sp³-hybridized carbons (Fsp3) is 0.444. The molecule has 1 aliphatic heterocycles. The third kappa shape index (κ3) is 3.70. The molecule has 1 aliphatic rings. The van der Waals surface area contributed by atoms with Crippen molar-refractivity contribution >= 4 is 0 Å². The maximum atomic E-state index is 4.53. The molecule has 3 heterocycles. The van der Waals surface area contributed by atoms with Gasteiger partial charge in [-0.15, -0.1) is 0 Å². The van der Waals surface area contributed by atoms with Crippen molar-refractivity contribution in [1.29, 1.82) is 0 Å². The number of aromatic nitrogens is 2.